The molecule has 3 aromatic rings. The Hall–Kier alpha value is -3.68. The van der Waals surface area contributed by atoms with Gasteiger partial charge in [0.1, 0.15) is 0 Å². The zero-order valence-corrected chi connectivity index (χ0v) is 14.4. The first kappa shape index (κ1) is 19.1. The summed E-state index contributed by atoms with van der Waals surface area (Å²) < 4.78 is 40.2. The van der Waals surface area contributed by atoms with Gasteiger partial charge in [-0.2, -0.15) is 0 Å². The van der Waals surface area contributed by atoms with Gasteiger partial charge in [-0.3, -0.25) is 14.6 Å². The Labute approximate surface area is 158 Å². The van der Waals surface area contributed by atoms with Crippen molar-refractivity contribution < 1.29 is 22.8 Å². The summed E-state index contributed by atoms with van der Waals surface area (Å²) in [6, 6.07) is 11.3. The molecular formula is C20H14F3N3O2. The van der Waals surface area contributed by atoms with Crippen molar-refractivity contribution in [1.29, 1.82) is 0 Å². The van der Waals surface area contributed by atoms with E-state index in [9.17, 15) is 22.8 Å². The van der Waals surface area contributed by atoms with E-state index < -0.39 is 28.9 Å². The zero-order valence-electron chi connectivity index (χ0n) is 14.4. The van der Waals surface area contributed by atoms with Crippen LogP contribution in [0, 0.1) is 17.5 Å². The van der Waals surface area contributed by atoms with Gasteiger partial charge in [-0.15, -0.1) is 0 Å². The van der Waals surface area contributed by atoms with E-state index in [4.69, 9.17) is 0 Å². The van der Waals surface area contributed by atoms with Crippen molar-refractivity contribution in [2.75, 3.05) is 5.32 Å². The molecule has 0 saturated carbocycles. The number of amides is 2. The Morgan fingerprint density at radius 1 is 0.893 bits per heavy atom. The van der Waals surface area contributed by atoms with Crippen LogP contribution in [0.15, 0.2) is 60.9 Å². The summed E-state index contributed by atoms with van der Waals surface area (Å²) in [6.45, 7) is 0.0739. The molecule has 2 aromatic carbocycles. The third-order valence-electron chi connectivity index (χ3n) is 3.91. The van der Waals surface area contributed by atoms with Gasteiger partial charge in [0, 0.05) is 24.6 Å². The van der Waals surface area contributed by atoms with E-state index in [1.165, 1.54) is 6.20 Å². The Balaban J connectivity index is 1.75. The maximum Gasteiger partial charge on any atom is 0.258 e. The standard InChI is InChI=1S/C20H14F3N3O2/c21-15-8-7-14(17(22)18(15)23)20(28)26-16-6-2-1-4-12(16)11-25-19(27)13-5-3-9-24-10-13/h1-10H,11H2,(H,25,27)(H,26,28). The van der Waals surface area contributed by atoms with Gasteiger partial charge in [0.05, 0.1) is 11.1 Å². The first-order chi connectivity index (χ1) is 13.5. The minimum absolute atomic E-state index is 0.0739. The smallest absolute Gasteiger partial charge is 0.258 e. The van der Waals surface area contributed by atoms with Gasteiger partial charge in [-0.25, -0.2) is 13.2 Å². The Bertz CT molecular complexity index is 1030. The normalized spacial score (nSPS) is 10.4. The molecule has 2 N–H and O–H groups in total. The number of benzene rings is 2. The number of nitrogens with zero attached hydrogens (tertiary/aromatic N) is 1. The Morgan fingerprint density at radius 2 is 1.68 bits per heavy atom. The van der Waals surface area contributed by atoms with Crippen molar-refractivity contribution in [3.63, 3.8) is 0 Å². The van der Waals surface area contributed by atoms with Crippen LogP contribution in [-0.2, 0) is 6.54 Å². The summed E-state index contributed by atoms with van der Waals surface area (Å²) in [5.41, 5.74) is 0.570. The van der Waals surface area contributed by atoms with Crippen LogP contribution in [0.1, 0.15) is 26.3 Å². The highest BCUT2D eigenvalue weighted by molar-refractivity contribution is 6.05. The van der Waals surface area contributed by atoms with Crippen LogP contribution in [0.2, 0.25) is 0 Å². The zero-order chi connectivity index (χ0) is 20.1. The molecule has 0 aliphatic carbocycles. The molecule has 8 heteroatoms. The minimum atomic E-state index is -1.72. The van der Waals surface area contributed by atoms with Crippen LogP contribution in [-0.4, -0.2) is 16.8 Å². The van der Waals surface area contributed by atoms with Crippen molar-refractivity contribution in [3.8, 4) is 0 Å². The number of nitrogens with one attached hydrogen (secondary N) is 2. The number of pyridine rings is 1. The first-order valence-electron chi connectivity index (χ1n) is 8.18. The average molecular weight is 385 g/mol. The van der Waals surface area contributed by atoms with E-state index in [-0.39, 0.29) is 12.5 Å². The van der Waals surface area contributed by atoms with Gasteiger partial charge < -0.3 is 10.6 Å². The van der Waals surface area contributed by atoms with Crippen LogP contribution in [0.25, 0.3) is 0 Å². The van der Waals surface area contributed by atoms with Crippen molar-refractivity contribution in [3.05, 3.63) is 95.1 Å². The van der Waals surface area contributed by atoms with Crippen LogP contribution in [0.3, 0.4) is 0 Å². The lowest BCUT2D eigenvalue weighted by atomic mass is 10.1. The molecule has 1 aromatic heterocycles. The molecular weight excluding hydrogens is 371 g/mol. The maximum atomic E-state index is 13.8. The molecule has 0 saturated heterocycles. The number of aromatic nitrogens is 1. The van der Waals surface area contributed by atoms with E-state index in [2.05, 4.69) is 15.6 Å². The van der Waals surface area contributed by atoms with Gasteiger partial charge >= 0.3 is 0 Å². The number of halogens is 3. The van der Waals surface area contributed by atoms with Crippen LogP contribution < -0.4 is 10.6 Å². The molecule has 28 heavy (non-hydrogen) atoms. The summed E-state index contributed by atoms with van der Waals surface area (Å²) in [4.78, 5) is 28.3. The van der Waals surface area contributed by atoms with Crippen molar-refractivity contribution in [2.45, 2.75) is 6.54 Å². The quantitative estimate of drug-likeness (QED) is 0.658. The minimum Gasteiger partial charge on any atom is -0.348 e. The van der Waals surface area contributed by atoms with E-state index in [0.717, 1.165) is 6.07 Å². The average Bonchev–Trinajstić information content (AvgIpc) is 2.71. The van der Waals surface area contributed by atoms with Gasteiger partial charge in [-0.1, -0.05) is 18.2 Å². The third-order valence-corrected chi connectivity index (χ3v) is 3.91. The van der Waals surface area contributed by atoms with Crippen LogP contribution >= 0.6 is 0 Å². The first-order valence-corrected chi connectivity index (χ1v) is 8.18. The molecule has 0 atom stereocenters. The lowest BCUT2D eigenvalue weighted by molar-refractivity contribution is 0.0950. The summed E-state index contributed by atoms with van der Waals surface area (Å²) in [5.74, 6) is -5.97. The topological polar surface area (TPSA) is 71.1 Å². The molecule has 5 nitrogen and oxygen atoms in total. The van der Waals surface area contributed by atoms with E-state index in [0.29, 0.717) is 22.9 Å². The van der Waals surface area contributed by atoms with E-state index in [1.807, 2.05) is 0 Å². The van der Waals surface area contributed by atoms with Crippen molar-refractivity contribution >= 4 is 17.5 Å². The monoisotopic (exact) mass is 385 g/mol. The highest BCUT2D eigenvalue weighted by atomic mass is 19.2. The fourth-order valence-electron chi connectivity index (χ4n) is 2.46. The molecule has 3 rings (SSSR count). The summed E-state index contributed by atoms with van der Waals surface area (Å²) in [5, 5.41) is 5.13. The predicted octanol–water partition coefficient (Wildman–Crippen LogP) is 3.68. The van der Waals surface area contributed by atoms with E-state index >= 15 is 0 Å². The summed E-state index contributed by atoms with van der Waals surface area (Å²) in [6.07, 6.45) is 2.95. The van der Waals surface area contributed by atoms with Crippen molar-refractivity contribution in [1.82, 2.24) is 10.3 Å². The number of hydrogen-bond donors (Lipinski definition) is 2. The van der Waals surface area contributed by atoms with E-state index in [1.54, 1.807) is 42.6 Å². The fourth-order valence-corrected chi connectivity index (χ4v) is 2.46. The fraction of sp³-hybridized carbons (Fsp3) is 0.0500. The van der Waals surface area contributed by atoms with Crippen molar-refractivity contribution in [2.24, 2.45) is 0 Å². The molecule has 142 valence electrons. The molecule has 0 unspecified atom stereocenters. The molecule has 0 spiro atoms. The maximum absolute atomic E-state index is 13.8. The molecule has 2 amide bonds. The Morgan fingerprint density at radius 3 is 2.43 bits per heavy atom. The van der Waals surface area contributed by atoms with Crippen LogP contribution in [0.5, 0.6) is 0 Å². The Kier molecular flexibility index (Phi) is 5.69. The molecule has 1 heterocycles. The second kappa shape index (κ2) is 8.34. The highest BCUT2D eigenvalue weighted by Crippen LogP contribution is 2.19. The third kappa shape index (κ3) is 4.17. The predicted molar refractivity (Wildman–Crippen MR) is 96.1 cm³/mol. The SMILES string of the molecule is O=C(NCc1ccccc1NC(=O)c1ccc(F)c(F)c1F)c1cccnc1. The number of carbonyl (C=O) groups excluding carboxylic acids is 2. The summed E-state index contributed by atoms with van der Waals surface area (Å²) in [7, 11) is 0. The second-order valence-electron chi connectivity index (χ2n) is 5.76. The number of carbonyl (C=O) groups is 2. The number of anilines is 1. The summed E-state index contributed by atoms with van der Waals surface area (Å²) >= 11 is 0. The van der Waals surface area contributed by atoms with Gasteiger partial charge in [0.15, 0.2) is 17.5 Å². The van der Waals surface area contributed by atoms with Gasteiger partial charge in [-0.05, 0) is 35.9 Å². The molecule has 0 aliphatic heterocycles. The largest absolute Gasteiger partial charge is 0.348 e. The second-order valence-corrected chi connectivity index (χ2v) is 5.76. The highest BCUT2D eigenvalue weighted by Gasteiger charge is 2.19. The molecule has 0 radical (unpaired) electrons. The lowest BCUT2D eigenvalue weighted by Gasteiger charge is -2.12. The number of rotatable bonds is 5. The lowest BCUT2D eigenvalue weighted by Crippen LogP contribution is -2.24. The number of hydrogen-bond acceptors (Lipinski definition) is 3. The molecule has 0 fully saturated rings. The van der Waals surface area contributed by atoms with Gasteiger partial charge in [0.2, 0.25) is 0 Å². The molecule has 0 aliphatic rings. The molecule has 0 bridgehead atoms. The number of para-hydroxylation sites is 1. The van der Waals surface area contributed by atoms with Crippen LogP contribution in [0.4, 0.5) is 18.9 Å². The van der Waals surface area contributed by atoms with Gasteiger partial charge in [0.25, 0.3) is 11.8 Å².